The standard InChI is InChI=1S/C22H30N2/c1-2-3-15-23-16-10-17-24(19-18-23)22(20-11-6-4-7-12-20)21-13-8-5-9-14-21/h4-9,11-14,22H,2-3,10,15-19H2,1H3. The largest absolute Gasteiger partial charge is 0.302 e. The molecule has 128 valence electrons. The fourth-order valence-corrected chi connectivity index (χ4v) is 3.74. The SMILES string of the molecule is CCCCN1CCCN(C(c2ccccc2)c2ccccc2)CC1. The van der Waals surface area contributed by atoms with Crippen molar-refractivity contribution in [2.75, 3.05) is 32.7 Å². The van der Waals surface area contributed by atoms with E-state index in [1.54, 1.807) is 0 Å². The molecule has 0 spiro atoms. The number of rotatable bonds is 6. The van der Waals surface area contributed by atoms with E-state index in [4.69, 9.17) is 0 Å². The molecule has 0 saturated carbocycles. The van der Waals surface area contributed by atoms with Crippen LogP contribution in [0, 0.1) is 0 Å². The Labute approximate surface area is 147 Å². The van der Waals surface area contributed by atoms with Crippen LogP contribution in [0.2, 0.25) is 0 Å². The maximum atomic E-state index is 2.68. The Morgan fingerprint density at radius 1 is 0.792 bits per heavy atom. The average Bonchev–Trinajstić information content (AvgIpc) is 2.88. The van der Waals surface area contributed by atoms with Gasteiger partial charge in [0.2, 0.25) is 0 Å². The van der Waals surface area contributed by atoms with E-state index in [0.717, 1.165) is 6.54 Å². The molecule has 1 aliphatic rings. The quantitative estimate of drug-likeness (QED) is 0.768. The van der Waals surface area contributed by atoms with Gasteiger partial charge in [-0.25, -0.2) is 0 Å². The van der Waals surface area contributed by atoms with Crippen molar-refractivity contribution in [1.29, 1.82) is 0 Å². The van der Waals surface area contributed by atoms with E-state index in [0.29, 0.717) is 6.04 Å². The smallest absolute Gasteiger partial charge is 0.0602 e. The van der Waals surface area contributed by atoms with Crippen molar-refractivity contribution in [3.05, 3.63) is 71.8 Å². The van der Waals surface area contributed by atoms with Crippen LogP contribution in [-0.2, 0) is 0 Å². The van der Waals surface area contributed by atoms with Crippen LogP contribution in [0.15, 0.2) is 60.7 Å². The van der Waals surface area contributed by atoms with Gasteiger partial charge in [0.25, 0.3) is 0 Å². The van der Waals surface area contributed by atoms with Crippen molar-refractivity contribution in [2.45, 2.75) is 32.2 Å². The normalized spacial score (nSPS) is 17.1. The Bertz CT molecular complexity index is 542. The Morgan fingerprint density at radius 3 is 2.00 bits per heavy atom. The van der Waals surface area contributed by atoms with Crippen molar-refractivity contribution in [3.8, 4) is 0 Å². The summed E-state index contributed by atoms with van der Waals surface area (Å²) in [6.45, 7) is 8.30. The van der Waals surface area contributed by atoms with E-state index < -0.39 is 0 Å². The van der Waals surface area contributed by atoms with Gasteiger partial charge in [0.1, 0.15) is 0 Å². The fourth-order valence-electron chi connectivity index (χ4n) is 3.74. The first-order valence-corrected chi connectivity index (χ1v) is 9.45. The first-order chi connectivity index (χ1) is 11.9. The number of unbranched alkanes of at least 4 members (excludes halogenated alkanes) is 1. The first kappa shape index (κ1) is 17.2. The zero-order valence-corrected chi connectivity index (χ0v) is 14.9. The summed E-state index contributed by atoms with van der Waals surface area (Å²) in [7, 11) is 0. The Hall–Kier alpha value is -1.64. The minimum Gasteiger partial charge on any atom is -0.302 e. The molecule has 0 aliphatic carbocycles. The van der Waals surface area contributed by atoms with Crippen LogP contribution < -0.4 is 0 Å². The molecule has 0 unspecified atom stereocenters. The molecule has 3 rings (SSSR count). The van der Waals surface area contributed by atoms with E-state index in [9.17, 15) is 0 Å². The molecule has 2 heteroatoms. The van der Waals surface area contributed by atoms with Gasteiger partial charge in [-0.3, -0.25) is 4.90 Å². The number of hydrogen-bond acceptors (Lipinski definition) is 2. The van der Waals surface area contributed by atoms with Crippen LogP contribution in [0.1, 0.15) is 43.4 Å². The van der Waals surface area contributed by atoms with Crippen molar-refractivity contribution in [3.63, 3.8) is 0 Å². The zero-order valence-electron chi connectivity index (χ0n) is 14.9. The highest BCUT2D eigenvalue weighted by Crippen LogP contribution is 2.29. The molecule has 0 aromatic heterocycles. The summed E-state index contributed by atoms with van der Waals surface area (Å²) in [5.41, 5.74) is 2.82. The second kappa shape index (κ2) is 9.00. The van der Waals surface area contributed by atoms with Gasteiger partial charge in [0.05, 0.1) is 6.04 Å². The Morgan fingerprint density at radius 2 is 1.42 bits per heavy atom. The summed E-state index contributed by atoms with van der Waals surface area (Å²) < 4.78 is 0. The van der Waals surface area contributed by atoms with E-state index in [-0.39, 0.29) is 0 Å². The molecule has 0 amide bonds. The molecule has 1 saturated heterocycles. The third-order valence-electron chi connectivity index (χ3n) is 5.05. The highest BCUT2D eigenvalue weighted by Gasteiger charge is 2.24. The van der Waals surface area contributed by atoms with Crippen LogP contribution in [0.4, 0.5) is 0 Å². The van der Waals surface area contributed by atoms with Crippen LogP contribution >= 0.6 is 0 Å². The van der Waals surface area contributed by atoms with Crippen LogP contribution in [0.5, 0.6) is 0 Å². The number of hydrogen-bond donors (Lipinski definition) is 0. The lowest BCUT2D eigenvalue weighted by Gasteiger charge is -2.31. The molecule has 24 heavy (non-hydrogen) atoms. The predicted octanol–water partition coefficient (Wildman–Crippen LogP) is 4.58. The molecule has 0 bridgehead atoms. The maximum absolute atomic E-state index is 2.68. The topological polar surface area (TPSA) is 6.48 Å². The summed E-state index contributed by atoms with van der Waals surface area (Å²) in [4.78, 5) is 5.33. The van der Waals surface area contributed by atoms with Crippen LogP contribution in [-0.4, -0.2) is 42.5 Å². The number of nitrogens with zero attached hydrogens (tertiary/aromatic N) is 2. The van der Waals surface area contributed by atoms with Gasteiger partial charge in [-0.2, -0.15) is 0 Å². The molecule has 2 nitrogen and oxygen atoms in total. The van der Waals surface area contributed by atoms with E-state index >= 15 is 0 Å². The first-order valence-electron chi connectivity index (χ1n) is 9.45. The molecule has 1 fully saturated rings. The molecule has 2 aromatic rings. The molecule has 2 aromatic carbocycles. The lowest BCUT2D eigenvalue weighted by molar-refractivity contribution is 0.222. The summed E-state index contributed by atoms with van der Waals surface area (Å²) in [5, 5.41) is 0. The predicted molar refractivity (Wildman–Crippen MR) is 102 cm³/mol. The summed E-state index contributed by atoms with van der Waals surface area (Å²) in [6, 6.07) is 22.4. The fraction of sp³-hybridized carbons (Fsp3) is 0.455. The summed E-state index contributed by atoms with van der Waals surface area (Å²) in [6.07, 6.45) is 3.87. The van der Waals surface area contributed by atoms with E-state index in [2.05, 4.69) is 77.4 Å². The third-order valence-corrected chi connectivity index (χ3v) is 5.05. The summed E-state index contributed by atoms with van der Waals surface area (Å²) in [5.74, 6) is 0. The minimum absolute atomic E-state index is 0.374. The lowest BCUT2D eigenvalue weighted by atomic mass is 9.97. The molecule has 0 atom stereocenters. The van der Waals surface area contributed by atoms with Gasteiger partial charge < -0.3 is 4.90 Å². The van der Waals surface area contributed by atoms with Gasteiger partial charge in [-0.15, -0.1) is 0 Å². The lowest BCUT2D eigenvalue weighted by Crippen LogP contribution is -2.34. The molecule has 1 heterocycles. The molecular formula is C22H30N2. The van der Waals surface area contributed by atoms with Crippen LogP contribution in [0.25, 0.3) is 0 Å². The Kier molecular flexibility index (Phi) is 6.45. The zero-order chi connectivity index (χ0) is 16.6. The highest BCUT2D eigenvalue weighted by molar-refractivity contribution is 5.31. The number of benzene rings is 2. The van der Waals surface area contributed by atoms with Gasteiger partial charge in [-0.1, -0.05) is 74.0 Å². The average molecular weight is 322 g/mol. The third kappa shape index (κ3) is 4.46. The molecular weight excluding hydrogens is 292 g/mol. The van der Waals surface area contributed by atoms with Crippen molar-refractivity contribution in [2.24, 2.45) is 0 Å². The summed E-state index contributed by atoms with van der Waals surface area (Å²) >= 11 is 0. The highest BCUT2D eigenvalue weighted by atomic mass is 15.2. The maximum Gasteiger partial charge on any atom is 0.0602 e. The van der Waals surface area contributed by atoms with Gasteiger partial charge in [-0.05, 0) is 37.1 Å². The molecule has 1 aliphatic heterocycles. The van der Waals surface area contributed by atoms with E-state index in [1.807, 2.05) is 0 Å². The Balaban J connectivity index is 1.79. The van der Waals surface area contributed by atoms with Crippen LogP contribution in [0.3, 0.4) is 0 Å². The van der Waals surface area contributed by atoms with Crippen molar-refractivity contribution < 1.29 is 0 Å². The monoisotopic (exact) mass is 322 g/mol. The van der Waals surface area contributed by atoms with Gasteiger partial charge >= 0.3 is 0 Å². The molecule has 0 radical (unpaired) electrons. The minimum atomic E-state index is 0.374. The van der Waals surface area contributed by atoms with Crippen molar-refractivity contribution in [1.82, 2.24) is 9.80 Å². The second-order valence-corrected chi connectivity index (χ2v) is 6.81. The second-order valence-electron chi connectivity index (χ2n) is 6.81. The van der Waals surface area contributed by atoms with Crippen molar-refractivity contribution >= 4 is 0 Å². The molecule has 0 N–H and O–H groups in total. The van der Waals surface area contributed by atoms with Gasteiger partial charge in [0.15, 0.2) is 0 Å². The van der Waals surface area contributed by atoms with E-state index in [1.165, 1.54) is 56.6 Å². The van der Waals surface area contributed by atoms with Gasteiger partial charge in [0, 0.05) is 19.6 Å².